The summed E-state index contributed by atoms with van der Waals surface area (Å²) in [6.07, 6.45) is -0.0490. The van der Waals surface area contributed by atoms with Gasteiger partial charge in [-0.2, -0.15) is 0 Å². The first kappa shape index (κ1) is 12.1. The Morgan fingerprint density at radius 1 is 1.50 bits per heavy atom. The average Bonchev–Trinajstić information content (AvgIpc) is 2.28. The summed E-state index contributed by atoms with van der Waals surface area (Å²) in [4.78, 5) is 13.1. The third-order valence-corrected chi connectivity index (χ3v) is 2.04. The fourth-order valence-corrected chi connectivity index (χ4v) is 1.35. The molecule has 0 spiro atoms. The van der Waals surface area contributed by atoms with E-state index in [-0.39, 0.29) is 12.5 Å². The Morgan fingerprint density at radius 2 is 2.19 bits per heavy atom. The van der Waals surface area contributed by atoms with Gasteiger partial charge in [-0.1, -0.05) is 37.3 Å². The highest BCUT2D eigenvalue weighted by atomic mass is 16.5. The van der Waals surface area contributed by atoms with Crippen LogP contribution in [0.4, 0.5) is 4.79 Å². The van der Waals surface area contributed by atoms with E-state index in [1.807, 2.05) is 37.3 Å². The lowest BCUT2D eigenvalue weighted by atomic mass is 10.0. The summed E-state index contributed by atoms with van der Waals surface area (Å²) in [5.74, 6) is 0.195. The number of carbonyl (C=O) groups is 1. The van der Waals surface area contributed by atoms with E-state index in [0.717, 1.165) is 6.42 Å². The molecule has 1 amide bonds. The second-order valence-corrected chi connectivity index (χ2v) is 3.56. The maximum Gasteiger partial charge on any atom is 0.396 e. The predicted molar refractivity (Wildman–Crippen MR) is 59.8 cm³/mol. The highest BCUT2D eigenvalue weighted by Crippen LogP contribution is 2.08. The van der Waals surface area contributed by atoms with Crippen LogP contribution in [0.1, 0.15) is 12.5 Å². The molecule has 0 fully saturated rings. The molecule has 0 N–H and O–H groups in total. The van der Waals surface area contributed by atoms with Crippen molar-refractivity contribution in [3.05, 3.63) is 46.3 Å². The first-order valence-corrected chi connectivity index (χ1v) is 4.98. The van der Waals surface area contributed by atoms with Crippen LogP contribution in [-0.4, -0.2) is 12.7 Å². The lowest BCUT2D eigenvalue weighted by Gasteiger charge is -2.10. The molecule has 1 aromatic carbocycles. The van der Waals surface area contributed by atoms with Gasteiger partial charge in [-0.25, -0.2) is 4.79 Å². The molecule has 0 bridgehead atoms. The van der Waals surface area contributed by atoms with Crippen LogP contribution < -0.4 is 0 Å². The zero-order valence-corrected chi connectivity index (χ0v) is 9.04. The molecule has 0 radical (unpaired) electrons. The van der Waals surface area contributed by atoms with Crippen molar-refractivity contribution in [3.63, 3.8) is 0 Å². The largest absolute Gasteiger partial charge is 0.461 e. The number of hydrogen-bond donors (Lipinski definition) is 0. The van der Waals surface area contributed by atoms with Crippen LogP contribution in [-0.2, 0) is 11.2 Å². The molecule has 1 unspecified atom stereocenters. The Kier molecular flexibility index (Phi) is 4.89. The van der Waals surface area contributed by atoms with Crippen molar-refractivity contribution < 1.29 is 9.53 Å². The maximum absolute atomic E-state index is 10.8. The minimum absolute atomic E-state index is 0.195. The van der Waals surface area contributed by atoms with E-state index < -0.39 is 6.09 Å². The molecule has 16 heavy (non-hydrogen) atoms. The van der Waals surface area contributed by atoms with E-state index in [1.165, 1.54) is 5.56 Å². The molecule has 0 aromatic heterocycles. The van der Waals surface area contributed by atoms with Crippen molar-refractivity contribution in [2.24, 2.45) is 11.0 Å². The molecule has 1 aromatic rings. The van der Waals surface area contributed by atoms with Crippen LogP contribution in [0.2, 0.25) is 0 Å². The van der Waals surface area contributed by atoms with E-state index in [1.54, 1.807) is 0 Å². The molecule has 0 aliphatic heterocycles. The number of carbonyl (C=O) groups excluding carboxylic acids is 1. The smallest absolute Gasteiger partial charge is 0.396 e. The normalized spacial score (nSPS) is 11.3. The van der Waals surface area contributed by atoms with Gasteiger partial charge in [0.1, 0.15) is 0 Å². The van der Waals surface area contributed by atoms with Crippen molar-refractivity contribution in [1.82, 2.24) is 0 Å². The third kappa shape index (κ3) is 4.48. The quantitative estimate of drug-likeness (QED) is 0.442. The number of azide groups is 1. The Hall–Kier alpha value is -2.00. The molecule has 1 atom stereocenters. The van der Waals surface area contributed by atoms with Crippen LogP contribution in [0.15, 0.2) is 35.4 Å². The van der Waals surface area contributed by atoms with Gasteiger partial charge in [-0.3, -0.25) is 0 Å². The summed E-state index contributed by atoms with van der Waals surface area (Å²) in [6, 6.07) is 9.93. The fourth-order valence-electron chi connectivity index (χ4n) is 1.35. The first-order valence-electron chi connectivity index (χ1n) is 4.98. The summed E-state index contributed by atoms with van der Waals surface area (Å²) < 4.78 is 4.76. The molecule has 1 rings (SSSR count). The monoisotopic (exact) mass is 219 g/mol. The molecule has 84 valence electrons. The molecular weight excluding hydrogens is 206 g/mol. The summed E-state index contributed by atoms with van der Waals surface area (Å²) >= 11 is 0. The van der Waals surface area contributed by atoms with Gasteiger partial charge >= 0.3 is 6.09 Å². The molecule has 0 aliphatic rings. The Balaban J connectivity index is 2.34. The maximum atomic E-state index is 10.8. The minimum atomic E-state index is -0.873. The number of benzene rings is 1. The number of hydrogen-bond acceptors (Lipinski definition) is 2. The lowest BCUT2D eigenvalue weighted by Crippen LogP contribution is -2.11. The third-order valence-electron chi connectivity index (χ3n) is 2.04. The second kappa shape index (κ2) is 6.48. The Bertz CT molecular complexity index is 385. The van der Waals surface area contributed by atoms with Crippen LogP contribution >= 0.6 is 0 Å². The average molecular weight is 219 g/mol. The zero-order chi connectivity index (χ0) is 11.8. The van der Waals surface area contributed by atoms with Crippen molar-refractivity contribution in [2.45, 2.75) is 13.3 Å². The van der Waals surface area contributed by atoms with Gasteiger partial charge in [-0.05, 0) is 23.4 Å². The highest BCUT2D eigenvalue weighted by Gasteiger charge is 2.06. The van der Waals surface area contributed by atoms with Gasteiger partial charge in [0, 0.05) is 10.0 Å². The Labute approximate surface area is 93.7 Å². The van der Waals surface area contributed by atoms with Crippen molar-refractivity contribution >= 4 is 6.09 Å². The molecule has 0 aliphatic carbocycles. The van der Waals surface area contributed by atoms with Crippen molar-refractivity contribution in [3.8, 4) is 0 Å². The van der Waals surface area contributed by atoms with Crippen LogP contribution in [0, 0.1) is 5.92 Å². The first-order chi connectivity index (χ1) is 7.72. The van der Waals surface area contributed by atoms with Gasteiger partial charge in [0.25, 0.3) is 0 Å². The topological polar surface area (TPSA) is 75.1 Å². The molecule has 5 heteroatoms. The molecule has 5 nitrogen and oxygen atoms in total. The van der Waals surface area contributed by atoms with Crippen molar-refractivity contribution in [2.75, 3.05) is 6.61 Å². The zero-order valence-electron chi connectivity index (χ0n) is 9.04. The van der Waals surface area contributed by atoms with E-state index in [9.17, 15) is 4.79 Å². The number of nitrogens with zero attached hydrogens (tertiary/aromatic N) is 3. The SMILES string of the molecule is CC(COC(=O)N=[N+]=[N-])Cc1ccccc1. The van der Waals surface area contributed by atoms with E-state index in [2.05, 4.69) is 10.0 Å². The minimum Gasteiger partial charge on any atom is -0.461 e. The predicted octanol–water partition coefficient (Wildman–Crippen LogP) is 3.31. The molecular formula is C11H13N3O2. The summed E-state index contributed by atoms with van der Waals surface area (Å²) in [6.45, 7) is 2.23. The highest BCUT2D eigenvalue weighted by molar-refractivity contribution is 5.67. The molecule has 0 saturated carbocycles. The lowest BCUT2D eigenvalue weighted by molar-refractivity contribution is 0.139. The number of rotatable bonds is 4. The van der Waals surface area contributed by atoms with E-state index >= 15 is 0 Å². The van der Waals surface area contributed by atoms with E-state index in [4.69, 9.17) is 10.3 Å². The number of amides is 1. The van der Waals surface area contributed by atoms with Crippen LogP contribution in [0.25, 0.3) is 10.4 Å². The van der Waals surface area contributed by atoms with Crippen LogP contribution in [0.3, 0.4) is 0 Å². The Morgan fingerprint density at radius 3 is 2.81 bits per heavy atom. The molecule has 0 heterocycles. The van der Waals surface area contributed by atoms with Gasteiger partial charge in [0.2, 0.25) is 0 Å². The summed E-state index contributed by atoms with van der Waals surface area (Å²) in [5, 5.41) is 2.82. The van der Waals surface area contributed by atoms with Gasteiger partial charge < -0.3 is 4.74 Å². The van der Waals surface area contributed by atoms with Crippen molar-refractivity contribution in [1.29, 1.82) is 0 Å². The van der Waals surface area contributed by atoms with E-state index in [0.29, 0.717) is 0 Å². The second-order valence-electron chi connectivity index (χ2n) is 3.56. The molecule has 0 saturated heterocycles. The van der Waals surface area contributed by atoms with Gasteiger partial charge in [-0.15, -0.1) is 0 Å². The van der Waals surface area contributed by atoms with Gasteiger partial charge in [0.15, 0.2) is 0 Å². The van der Waals surface area contributed by atoms with Gasteiger partial charge in [0.05, 0.1) is 6.61 Å². The summed E-state index contributed by atoms with van der Waals surface area (Å²) in [5.41, 5.74) is 9.18. The van der Waals surface area contributed by atoms with Crippen LogP contribution in [0.5, 0.6) is 0 Å². The summed E-state index contributed by atoms with van der Waals surface area (Å²) in [7, 11) is 0. The fraction of sp³-hybridized carbons (Fsp3) is 0.364. The number of ether oxygens (including phenoxy) is 1. The standard InChI is InChI=1S/C11H13N3O2/c1-9(8-16-11(15)13-14-12)7-10-5-3-2-4-6-10/h2-6,9H,7-8H2,1H3.